The first-order valence-corrected chi connectivity index (χ1v) is 5.08. The Labute approximate surface area is 94.4 Å². The number of nitrogens with one attached hydrogen (secondary N) is 1. The van der Waals surface area contributed by atoms with Crippen LogP contribution in [0.1, 0.15) is 13.3 Å². The Morgan fingerprint density at radius 1 is 1.47 bits per heavy atom. The maximum Gasteiger partial charge on any atom is 0.307 e. The van der Waals surface area contributed by atoms with Crippen LogP contribution in [-0.4, -0.2) is 19.1 Å². The Hall–Kier alpha value is -1.22. The van der Waals surface area contributed by atoms with Crippen molar-refractivity contribution in [2.75, 3.05) is 12.4 Å². The molecule has 82 valence electrons. The van der Waals surface area contributed by atoms with Crippen molar-refractivity contribution in [2.45, 2.75) is 19.4 Å². The molecule has 0 aliphatic carbocycles. The van der Waals surface area contributed by atoms with Crippen LogP contribution in [0.15, 0.2) is 24.3 Å². The number of halogens is 1. The first-order valence-electron chi connectivity index (χ1n) is 4.70. The van der Waals surface area contributed by atoms with Gasteiger partial charge in [0, 0.05) is 16.8 Å². The van der Waals surface area contributed by atoms with E-state index in [9.17, 15) is 4.79 Å². The third kappa shape index (κ3) is 4.21. The zero-order valence-corrected chi connectivity index (χ0v) is 9.54. The smallest absolute Gasteiger partial charge is 0.307 e. The van der Waals surface area contributed by atoms with E-state index >= 15 is 0 Å². The summed E-state index contributed by atoms with van der Waals surface area (Å²) in [6.07, 6.45) is 0.346. The van der Waals surface area contributed by atoms with Crippen molar-refractivity contribution in [3.05, 3.63) is 29.3 Å². The maximum atomic E-state index is 11.0. The van der Waals surface area contributed by atoms with Crippen LogP contribution in [0.2, 0.25) is 5.02 Å². The second-order valence-corrected chi connectivity index (χ2v) is 3.77. The van der Waals surface area contributed by atoms with Crippen molar-refractivity contribution in [1.29, 1.82) is 0 Å². The summed E-state index contributed by atoms with van der Waals surface area (Å²) in [6.45, 7) is 1.92. The summed E-state index contributed by atoms with van der Waals surface area (Å²) in [6, 6.07) is 7.38. The largest absolute Gasteiger partial charge is 0.469 e. The number of ether oxygens (including phenoxy) is 1. The van der Waals surface area contributed by atoms with Crippen LogP contribution < -0.4 is 5.32 Å². The van der Waals surface area contributed by atoms with E-state index < -0.39 is 0 Å². The topological polar surface area (TPSA) is 38.3 Å². The van der Waals surface area contributed by atoms with Gasteiger partial charge < -0.3 is 10.1 Å². The molecule has 0 aromatic heterocycles. The SMILES string of the molecule is COC(=O)CC(C)Nc1ccc(Cl)cc1. The van der Waals surface area contributed by atoms with E-state index in [1.807, 2.05) is 19.1 Å². The molecule has 0 aliphatic heterocycles. The van der Waals surface area contributed by atoms with Crippen molar-refractivity contribution in [3.63, 3.8) is 0 Å². The van der Waals surface area contributed by atoms with Crippen molar-refractivity contribution in [2.24, 2.45) is 0 Å². The zero-order valence-electron chi connectivity index (χ0n) is 8.79. The minimum atomic E-state index is -0.219. The number of hydrogen-bond donors (Lipinski definition) is 1. The van der Waals surface area contributed by atoms with Crippen molar-refractivity contribution >= 4 is 23.3 Å². The molecule has 3 nitrogen and oxygen atoms in total. The minimum Gasteiger partial charge on any atom is -0.469 e. The van der Waals surface area contributed by atoms with Crippen LogP contribution in [0.25, 0.3) is 0 Å². The Kier molecular flexibility index (Phi) is 4.43. The number of carbonyl (C=O) groups is 1. The van der Waals surface area contributed by atoms with Crippen LogP contribution in [0, 0.1) is 0 Å². The molecule has 1 N–H and O–H groups in total. The van der Waals surface area contributed by atoms with Gasteiger partial charge in [0.25, 0.3) is 0 Å². The van der Waals surface area contributed by atoms with Crippen LogP contribution >= 0.6 is 11.6 Å². The molecule has 0 heterocycles. The van der Waals surface area contributed by atoms with E-state index in [1.54, 1.807) is 12.1 Å². The number of carbonyl (C=O) groups excluding carboxylic acids is 1. The fraction of sp³-hybridized carbons (Fsp3) is 0.364. The summed E-state index contributed by atoms with van der Waals surface area (Å²) in [4.78, 5) is 11.0. The summed E-state index contributed by atoms with van der Waals surface area (Å²) in [5.74, 6) is -0.219. The van der Waals surface area contributed by atoms with Crippen LogP contribution in [0.4, 0.5) is 5.69 Å². The Bertz CT molecular complexity index is 324. The molecule has 15 heavy (non-hydrogen) atoms. The Balaban J connectivity index is 2.47. The molecule has 0 saturated heterocycles. The summed E-state index contributed by atoms with van der Waals surface area (Å²) < 4.78 is 4.58. The van der Waals surface area contributed by atoms with Gasteiger partial charge in [-0.15, -0.1) is 0 Å². The highest BCUT2D eigenvalue weighted by molar-refractivity contribution is 6.30. The zero-order chi connectivity index (χ0) is 11.3. The van der Waals surface area contributed by atoms with Gasteiger partial charge in [0.1, 0.15) is 0 Å². The van der Waals surface area contributed by atoms with Gasteiger partial charge in [-0.2, -0.15) is 0 Å². The van der Waals surface area contributed by atoms with Gasteiger partial charge in [-0.05, 0) is 31.2 Å². The highest BCUT2D eigenvalue weighted by Gasteiger charge is 2.08. The van der Waals surface area contributed by atoms with Gasteiger partial charge in [0.2, 0.25) is 0 Å². The Morgan fingerprint density at radius 3 is 2.60 bits per heavy atom. The van der Waals surface area contributed by atoms with Gasteiger partial charge in [-0.25, -0.2) is 0 Å². The lowest BCUT2D eigenvalue weighted by Gasteiger charge is -2.13. The standard InChI is InChI=1S/C11H14ClNO2/c1-8(7-11(14)15-2)13-10-5-3-9(12)4-6-10/h3-6,8,13H,7H2,1-2H3. The van der Waals surface area contributed by atoms with E-state index in [1.165, 1.54) is 7.11 Å². The monoisotopic (exact) mass is 227 g/mol. The number of rotatable bonds is 4. The number of benzene rings is 1. The first kappa shape index (κ1) is 11.9. The van der Waals surface area contributed by atoms with Crippen molar-refractivity contribution < 1.29 is 9.53 Å². The summed E-state index contributed by atoms with van der Waals surface area (Å²) in [7, 11) is 1.39. The lowest BCUT2D eigenvalue weighted by atomic mass is 10.2. The average Bonchev–Trinajstić information content (AvgIpc) is 2.21. The van der Waals surface area contributed by atoms with E-state index in [4.69, 9.17) is 11.6 Å². The predicted octanol–water partition coefficient (Wildman–Crippen LogP) is 2.70. The third-order valence-corrected chi connectivity index (χ3v) is 2.21. The summed E-state index contributed by atoms with van der Waals surface area (Å²) in [5.41, 5.74) is 0.941. The molecule has 0 amide bonds. The highest BCUT2D eigenvalue weighted by atomic mass is 35.5. The normalized spacial score (nSPS) is 11.9. The molecule has 0 saturated carbocycles. The number of hydrogen-bond acceptors (Lipinski definition) is 3. The first-order chi connectivity index (χ1) is 7.11. The quantitative estimate of drug-likeness (QED) is 0.804. The molecule has 1 atom stereocenters. The summed E-state index contributed by atoms with van der Waals surface area (Å²) in [5, 5.41) is 3.87. The highest BCUT2D eigenvalue weighted by Crippen LogP contribution is 2.14. The minimum absolute atomic E-state index is 0.0404. The lowest BCUT2D eigenvalue weighted by Crippen LogP contribution is -2.20. The summed E-state index contributed by atoms with van der Waals surface area (Å²) >= 11 is 5.75. The molecule has 1 aromatic carbocycles. The second kappa shape index (κ2) is 5.61. The van der Waals surface area contributed by atoms with Crippen molar-refractivity contribution in [1.82, 2.24) is 0 Å². The lowest BCUT2D eigenvalue weighted by molar-refractivity contribution is -0.140. The molecule has 4 heteroatoms. The molecule has 1 aromatic rings. The number of methoxy groups -OCH3 is 1. The maximum absolute atomic E-state index is 11.0. The Morgan fingerprint density at radius 2 is 2.07 bits per heavy atom. The second-order valence-electron chi connectivity index (χ2n) is 3.33. The van der Waals surface area contributed by atoms with Gasteiger partial charge in [0.05, 0.1) is 13.5 Å². The van der Waals surface area contributed by atoms with E-state index in [0.717, 1.165) is 5.69 Å². The third-order valence-electron chi connectivity index (χ3n) is 1.96. The average molecular weight is 228 g/mol. The number of esters is 1. The van der Waals surface area contributed by atoms with Crippen LogP contribution in [0.3, 0.4) is 0 Å². The van der Waals surface area contributed by atoms with E-state index in [-0.39, 0.29) is 12.0 Å². The van der Waals surface area contributed by atoms with Gasteiger partial charge in [-0.3, -0.25) is 4.79 Å². The van der Waals surface area contributed by atoms with Gasteiger partial charge >= 0.3 is 5.97 Å². The molecule has 0 fully saturated rings. The fourth-order valence-electron chi connectivity index (χ4n) is 1.21. The van der Waals surface area contributed by atoms with E-state index in [2.05, 4.69) is 10.1 Å². The van der Waals surface area contributed by atoms with Crippen LogP contribution in [0.5, 0.6) is 0 Å². The molecule has 0 radical (unpaired) electrons. The van der Waals surface area contributed by atoms with Gasteiger partial charge in [-0.1, -0.05) is 11.6 Å². The van der Waals surface area contributed by atoms with Gasteiger partial charge in [0.15, 0.2) is 0 Å². The van der Waals surface area contributed by atoms with E-state index in [0.29, 0.717) is 11.4 Å². The van der Waals surface area contributed by atoms with Crippen LogP contribution in [-0.2, 0) is 9.53 Å². The molecule has 0 spiro atoms. The fourth-order valence-corrected chi connectivity index (χ4v) is 1.34. The molecular formula is C11H14ClNO2. The predicted molar refractivity (Wildman–Crippen MR) is 61.2 cm³/mol. The molecule has 1 rings (SSSR count). The molecule has 0 aliphatic rings. The van der Waals surface area contributed by atoms with Crippen molar-refractivity contribution in [3.8, 4) is 0 Å². The number of anilines is 1. The molecule has 1 unspecified atom stereocenters. The molecular weight excluding hydrogens is 214 g/mol. The molecule has 0 bridgehead atoms.